The van der Waals surface area contributed by atoms with Crippen LogP contribution in [0.5, 0.6) is 5.75 Å². The number of nitrogens with one attached hydrogen (secondary N) is 1. The van der Waals surface area contributed by atoms with E-state index in [0.717, 1.165) is 5.75 Å². The molecule has 0 radical (unpaired) electrons. The number of benzene rings is 2. The molecular weight excluding hydrogens is 246 g/mol. The maximum Gasteiger partial charge on any atom is 0.123 e. The van der Waals surface area contributed by atoms with Gasteiger partial charge in [-0.15, -0.1) is 0 Å². The molecule has 1 atom stereocenters. The van der Waals surface area contributed by atoms with Crippen LogP contribution in [0.4, 0.5) is 0 Å². The molecule has 0 amide bonds. The molecule has 2 rings (SSSR count). The predicted octanol–water partition coefficient (Wildman–Crippen LogP) is 3.93. The molecule has 0 aromatic heterocycles. The normalized spacial score (nSPS) is 12.2. The van der Waals surface area contributed by atoms with Gasteiger partial charge in [0.2, 0.25) is 0 Å². The largest absolute Gasteiger partial charge is 0.496 e. The monoisotopic (exact) mass is 269 g/mol. The topological polar surface area (TPSA) is 21.3 Å². The Morgan fingerprint density at radius 3 is 2.40 bits per heavy atom. The van der Waals surface area contributed by atoms with Gasteiger partial charge in [-0.05, 0) is 50.6 Å². The molecule has 0 saturated heterocycles. The number of aryl methyl sites for hydroxylation is 2. The molecule has 2 aromatic carbocycles. The average molecular weight is 269 g/mol. The highest BCUT2D eigenvalue weighted by Crippen LogP contribution is 2.32. The Hall–Kier alpha value is -1.80. The first-order chi connectivity index (χ1) is 9.58. The van der Waals surface area contributed by atoms with E-state index in [0.29, 0.717) is 0 Å². The number of ether oxygens (including phenoxy) is 1. The van der Waals surface area contributed by atoms with Crippen LogP contribution in [0.1, 0.15) is 33.9 Å². The van der Waals surface area contributed by atoms with Gasteiger partial charge in [0.1, 0.15) is 5.75 Å². The second-order valence-corrected chi connectivity index (χ2v) is 5.26. The van der Waals surface area contributed by atoms with Gasteiger partial charge >= 0.3 is 0 Å². The molecule has 2 nitrogen and oxygen atoms in total. The van der Waals surface area contributed by atoms with Crippen molar-refractivity contribution in [3.63, 3.8) is 0 Å². The second kappa shape index (κ2) is 6.10. The predicted molar refractivity (Wildman–Crippen MR) is 84.5 cm³/mol. The van der Waals surface area contributed by atoms with Gasteiger partial charge in [-0.25, -0.2) is 0 Å². The van der Waals surface area contributed by atoms with E-state index in [1.807, 2.05) is 13.1 Å². The van der Waals surface area contributed by atoms with Crippen LogP contribution in [-0.2, 0) is 0 Å². The summed E-state index contributed by atoms with van der Waals surface area (Å²) in [6.07, 6.45) is 0. The molecule has 0 bridgehead atoms. The van der Waals surface area contributed by atoms with Crippen molar-refractivity contribution in [3.05, 3.63) is 64.2 Å². The van der Waals surface area contributed by atoms with Crippen molar-refractivity contribution in [2.45, 2.75) is 26.8 Å². The highest BCUT2D eigenvalue weighted by molar-refractivity contribution is 5.47. The lowest BCUT2D eigenvalue weighted by atomic mass is 9.91. The number of hydrogen-bond acceptors (Lipinski definition) is 2. The van der Waals surface area contributed by atoms with Crippen molar-refractivity contribution in [3.8, 4) is 5.75 Å². The fourth-order valence-corrected chi connectivity index (χ4v) is 2.64. The number of rotatable bonds is 4. The lowest BCUT2D eigenvalue weighted by Crippen LogP contribution is -2.20. The van der Waals surface area contributed by atoms with Gasteiger partial charge in [-0.1, -0.05) is 35.9 Å². The highest BCUT2D eigenvalue weighted by atomic mass is 16.5. The van der Waals surface area contributed by atoms with Crippen LogP contribution in [0, 0.1) is 20.8 Å². The van der Waals surface area contributed by atoms with E-state index >= 15 is 0 Å². The Balaban J connectivity index is 2.58. The minimum absolute atomic E-state index is 0.143. The maximum absolute atomic E-state index is 5.53. The molecule has 0 spiro atoms. The third kappa shape index (κ3) is 2.70. The van der Waals surface area contributed by atoms with Crippen LogP contribution in [0.15, 0.2) is 36.4 Å². The third-order valence-corrected chi connectivity index (χ3v) is 3.94. The molecule has 2 heteroatoms. The lowest BCUT2D eigenvalue weighted by molar-refractivity contribution is 0.405. The van der Waals surface area contributed by atoms with Gasteiger partial charge < -0.3 is 10.1 Å². The molecule has 0 saturated carbocycles. The van der Waals surface area contributed by atoms with Gasteiger partial charge in [0.25, 0.3) is 0 Å². The minimum Gasteiger partial charge on any atom is -0.496 e. The van der Waals surface area contributed by atoms with Crippen molar-refractivity contribution in [2.75, 3.05) is 14.2 Å². The maximum atomic E-state index is 5.53. The fourth-order valence-electron chi connectivity index (χ4n) is 2.64. The highest BCUT2D eigenvalue weighted by Gasteiger charge is 2.18. The molecule has 1 N–H and O–H groups in total. The first-order valence-corrected chi connectivity index (χ1v) is 6.96. The molecule has 106 valence electrons. The second-order valence-electron chi connectivity index (χ2n) is 5.26. The van der Waals surface area contributed by atoms with Gasteiger partial charge in [-0.2, -0.15) is 0 Å². The Bertz CT molecular complexity index is 604. The van der Waals surface area contributed by atoms with Gasteiger partial charge in [0.05, 0.1) is 13.2 Å². The summed E-state index contributed by atoms with van der Waals surface area (Å²) in [4.78, 5) is 0. The van der Waals surface area contributed by atoms with Gasteiger partial charge in [0.15, 0.2) is 0 Å². The average Bonchev–Trinajstić information content (AvgIpc) is 2.44. The van der Waals surface area contributed by atoms with Crippen LogP contribution >= 0.6 is 0 Å². The van der Waals surface area contributed by atoms with E-state index in [4.69, 9.17) is 4.74 Å². The molecule has 2 aromatic rings. The summed E-state index contributed by atoms with van der Waals surface area (Å²) in [6, 6.07) is 12.9. The van der Waals surface area contributed by atoms with Crippen molar-refractivity contribution < 1.29 is 4.74 Å². The van der Waals surface area contributed by atoms with Crippen molar-refractivity contribution in [1.82, 2.24) is 5.32 Å². The summed E-state index contributed by atoms with van der Waals surface area (Å²) in [5, 5.41) is 3.42. The first kappa shape index (κ1) is 14.6. The quantitative estimate of drug-likeness (QED) is 0.908. The zero-order valence-electron chi connectivity index (χ0n) is 12.9. The summed E-state index contributed by atoms with van der Waals surface area (Å²) in [7, 11) is 3.72. The molecule has 20 heavy (non-hydrogen) atoms. The third-order valence-electron chi connectivity index (χ3n) is 3.94. The van der Waals surface area contributed by atoms with E-state index in [9.17, 15) is 0 Å². The summed E-state index contributed by atoms with van der Waals surface area (Å²) in [5.41, 5.74) is 6.37. The van der Waals surface area contributed by atoms with Crippen LogP contribution in [0.2, 0.25) is 0 Å². The van der Waals surface area contributed by atoms with Crippen molar-refractivity contribution in [2.24, 2.45) is 0 Å². The SMILES string of the molecule is CNC(c1cc(C)ccc1OC)c1cccc(C)c1C. The summed E-state index contributed by atoms with van der Waals surface area (Å²) < 4.78 is 5.53. The molecule has 0 aliphatic rings. The van der Waals surface area contributed by atoms with Crippen molar-refractivity contribution in [1.29, 1.82) is 0 Å². The molecule has 0 aliphatic heterocycles. The van der Waals surface area contributed by atoms with E-state index in [1.54, 1.807) is 7.11 Å². The first-order valence-electron chi connectivity index (χ1n) is 6.96. The molecular formula is C18H23NO. The summed E-state index contributed by atoms with van der Waals surface area (Å²) >= 11 is 0. The van der Waals surface area contributed by atoms with E-state index < -0.39 is 0 Å². The number of hydrogen-bond donors (Lipinski definition) is 1. The summed E-state index contributed by atoms with van der Waals surface area (Å²) in [5.74, 6) is 0.927. The zero-order valence-corrected chi connectivity index (χ0v) is 12.9. The van der Waals surface area contributed by atoms with Crippen LogP contribution in [-0.4, -0.2) is 14.2 Å². The fraction of sp³-hybridized carbons (Fsp3) is 0.333. The van der Waals surface area contributed by atoms with Crippen LogP contribution in [0.25, 0.3) is 0 Å². The van der Waals surface area contributed by atoms with E-state index in [2.05, 4.69) is 56.4 Å². The Kier molecular flexibility index (Phi) is 4.46. The standard InChI is InChI=1S/C18H23NO/c1-12-9-10-17(20-5)16(11-12)18(19-4)15-8-6-7-13(2)14(15)3/h6-11,18-19H,1-5H3. The smallest absolute Gasteiger partial charge is 0.123 e. The van der Waals surface area contributed by atoms with E-state index in [-0.39, 0.29) is 6.04 Å². The van der Waals surface area contributed by atoms with Gasteiger partial charge in [-0.3, -0.25) is 0 Å². The summed E-state index contributed by atoms with van der Waals surface area (Å²) in [6.45, 7) is 6.44. The van der Waals surface area contributed by atoms with Gasteiger partial charge in [0, 0.05) is 5.56 Å². The molecule has 0 fully saturated rings. The molecule has 0 aliphatic carbocycles. The Morgan fingerprint density at radius 2 is 1.75 bits per heavy atom. The molecule has 0 heterocycles. The minimum atomic E-state index is 0.143. The van der Waals surface area contributed by atoms with Crippen molar-refractivity contribution >= 4 is 0 Å². The van der Waals surface area contributed by atoms with Crippen LogP contribution < -0.4 is 10.1 Å². The molecule has 1 unspecified atom stereocenters. The zero-order chi connectivity index (χ0) is 14.7. The Labute approximate surface area is 121 Å². The Morgan fingerprint density at radius 1 is 1.00 bits per heavy atom. The lowest BCUT2D eigenvalue weighted by Gasteiger charge is -2.23. The van der Waals surface area contributed by atoms with E-state index in [1.165, 1.54) is 27.8 Å². The number of methoxy groups -OCH3 is 1. The van der Waals surface area contributed by atoms with Crippen LogP contribution in [0.3, 0.4) is 0 Å².